The summed E-state index contributed by atoms with van der Waals surface area (Å²) in [5.74, 6) is -1.05. The molecule has 2 atom stereocenters. The maximum atomic E-state index is 12.0. The minimum absolute atomic E-state index is 0.152. The SMILES string of the molecule is COC(=O)[C@@H](Cc1cccc(C#N)c1)NC(=O)[C@H](O)CC(C)C. The summed E-state index contributed by atoms with van der Waals surface area (Å²) in [4.78, 5) is 23.9. The Morgan fingerprint density at radius 2 is 2.09 bits per heavy atom. The molecule has 124 valence electrons. The molecule has 2 N–H and O–H groups in total. The van der Waals surface area contributed by atoms with Crippen LogP contribution in [0.25, 0.3) is 0 Å². The Bertz CT molecular complexity index is 593. The third-order valence-electron chi connectivity index (χ3n) is 3.30. The third kappa shape index (κ3) is 6.09. The number of nitrogens with one attached hydrogen (secondary N) is 1. The highest BCUT2D eigenvalue weighted by Gasteiger charge is 2.25. The Labute approximate surface area is 136 Å². The number of aliphatic hydroxyl groups excluding tert-OH is 1. The van der Waals surface area contributed by atoms with Crippen molar-refractivity contribution in [3.8, 4) is 6.07 Å². The van der Waals surface area contributed by atoms with E-state index in [1.54, 1.807) is 24.3 Å². The van der Waals surface area contributed by atoms with Gasteiger partial charge in [-0.2, -0.15) is 5.26 Å². The maximum Gasteiger partial charge on any atom is 0.328 e. The van der Waals surface area contributed by atoms with Crippen molar-refractivity contribution in [3.63, 3.8) is 0 Å². The molecule has 1 amide bonds. The number of methoxy groups -OCH3 is 1. The quantitative estimate of drug-likeness (QED) is 0.735. The van der Waals surface area contributed by atoms with Crippen molar-refractivity contribution < 1.29 is 19.4 Å². The lowest BCUT2D eigenvalue weighted by molar-refractivity contribution is -0.146. The van der Waals surface area contributed by atoms with E-state index in [1.165, 1.54) is 7.11 Å². The number of amides is 1. The summed E-state index contributed by atoms with van der Waals surface area (Å²) in [7, 11) is 1.23. The topological polar surface area (TPSA) is 99.4 Å². The van der Waals surface area contributed by atoms with E-state index in [1.807, 2.05) is 19.9 Å². The number of rotatable bonds is 7. The first-order valence-electron chi connectivity index (χ1n) is 7.42. The van der Waals surface area contributed by atoms with Crippen LogP contribution < -0.4 is 5.32 Å². The normalized spacial score (nSPS) is 13.0. The molecule has 0 bridgehead atoms. The van der Waals surface area contributed by atoms with Crippen LogP contribution in [0, 0.1) is 17.2 Å². The monoisotopic (exact) mass is 318 g/mol. The third-order valence-corrected chi connectivity index (χ3v) is 3.30. The van der Waals surface area contributed by atoms with Gasteiger partial charge in [0.05, 0.1) is 18.7 Å². The number of benzene rings is 1. The summed E-state index contributed by atoms with van der Waals surface area (Å²) in [5.41, 5.74) is 1.19. The zero-order valence-electron chi connectivity index (χ0n) is 13.6. The Morgan fingerprint density at radius 1 is 1.39 bits per heavy atom. The molecule has 1 aromatic carbocycles. The number of esters is 1. The molecule has 0 spiro atoms. The standard InChI is InChI=1S/C17H22N2O4/c1-11(2)7-15(20)16(21)19-14(17(22)23-3)9-12-5-4-6-13(8-12)10-18/h4-6,8,11,14-15,20H,7,9H2,1-3H3,(H,19,21)/t14-,15-/m1/s1. The van der Waals surface area contributed by atoms with Crippen molar-refractivity contribution >= 4 is 11.9 Å². The summed E-state index contributed by atoms with van der Waals surface area (Å²) in [6.07, 6.45) is -0.681. The van der Waals surface area contributed by atoms with Gasteiger partial charge in [0.1, 0.15) is 12.1 Å². The van der Waals surface area contributed by atoms with Crippen LogP contribution in [0.5, 0.6) is 0 Å². The fraction of sp³-hybridized carbons (Fsp3) is 0.471. The molecule has 1 rings (SSSR count). The number of carbonyl (C=O) groups is 2. The van der Waals surface area contributed by atoms with Gasteiger partial charge < -0.3 is 15.2 Å². The minimum Gasteiger partial charge on any atom is -0.467 e. The van der Waals surface area contributed by atoms with Crippen LogP contribution in [-0.2, 0) is 20.7 Å². The average Bonchev–Trinajstić information content (AvgIpc) is 2.52. The summed E-state index contributed by atoms with van der Waals surface area (Å²) in [6.45, 7) is 3.78. The van der Waals surface area contributed by atoms with E-state index in [0.29, 0.717) is 12.0 Å². The van der Waals surface area contributed by atoms with Gasteiger partial charge in [0, 0.05) is 6.42 Å². The van der Waals surface area contributed by atoms with Gasteiger partial charge in [-0.25, -0.2) is 4.79 Å². The van der Waals surface area contributed by atoms with Crippen molar-refractivity contribution in [2.75, 3.05) is 7.11 Å². The summed E-state index contributed by atoms with van der Waals surface area (Å²) >= 11 is 0. The van der Waals surface area contributed by atoms with Crippen molar-refractivity contribution in [2.45, 2.75) is 38.8 Å². The van der Waals surface area contributed by atoms with Gasteiger partial charge >= 0.3 is 5.97 Å². The molecule has 0 saturated heterocycles. The van der Waals surface area contributed by atoms with Crippen molar-refractivity contribution in [1.82, 2.24) is 5.32 Å². The van der Waals surface area contributed by atoms with Gasteiger partial charge in [-0.1, -0.05) is 26.0 Å². The highest BCUT2D eigenvalue weighted by molar-refractivity contribution is 5.87. The lowest BCUT2D eigenvalue weighted by atomic mass is 10.0. The summed E-state index contributed by atoms with van der Waals surface area (Å²) < 4.78 is 4.70. The van der Waals surface area contributed by atoms with Crippen molar-refractivity contribution in [2.24, 2.45) is 5.92 Å². The van der Waals surface area contributed by atoms with E-state index < -0.39 is 24.0 Å². The fourth-order valence-electron chi connectivity index (χ4n) is 2.16. The average molecular weight is 318 g/mol. The van der Waals surface area contributed by atoms with Crippen LogP contribution in [0.15, 0.2) is 24.3 Å². The zero-order valence-corrected chi connectivity index (χ0v) is 13.6. The van der Waals surface area contributed by atoms with Crippen LogP contribution in [0.3, 0.4) is 0 Å². The van der Waals surface area contributed by atoms with Gasteiger partial charge in [-0.15, -0.1) is 0 Å². The molecule has 0 aliphatic carbocycles. The molecule has 23 heavy (non-hydrogen) atoms. The Morgan fingerprint density at radius 3 is 2.65 bits per heavy atom. The van der Waals surface area contributed by atoms with Gasteiger partial charge in [0.2, 0.25) is 5.91 Å². The van der Waals surface area contributed by atoms with Gasteiger partial charge in [-0.05, 0) is 30.0 Å². The predicted octanol–water partition coefficient (Wildman–Crippen LogP) is 1.17. The molecule has 6 heteroatoms. The number of nitrogens with zero attached hydrogens (tertiary/aromatic N) is 1. The molecular formula is C17H22N2O4. The molecule has 1 aromatic rings. The summed E-state index contributed by atoms with van der Waals surface area (Å²) in [5, 5.41) is 21.3. The second-order valence-corrected chi connectivity index (χ2v) is 5.75. The van der Waals surface area contributed by atoms with Crippen LogP contribution in [0.1, 0.15) is 31.4 Å². The first-order valence-corrected chi connectivity index (χ1v) is 7.42. The van der Waals surface area contributed by atoms with E-state index in [4.69, 9.17) is 10.00 Å². The molecule has 0 saturated carbocycles. The number of nitriles is 1. The summed E-state index contributed by atoms with van der Waals surface area (Å²) in [6, 6.07) is 7.87. The van der Waals surface area contributed by atoms with Gasteiger partial charge in [-0.3, -0.25) is 4.79 Å². The van der Waals surface area contributed by atoms with Crippen LogP contribution >= 0.6 is 0 Å². The second-order valence-electron chi connectivity index (χ2n) is 5.75. The predicted molar refractivity (Wildman–Crippen MR) is 84.3 cm³/mol. The van der Waals surface area contributed by atoms with Crippen molar-refractivity contribution in [1.29, 1.82) is 5.26 Å². The van der Waals surface area contributed by atoms with Crippen molar-refractivity contribution in [3.05, 3.63) is 35.4 Å². The smallest absolute Gasteiger partial charge is 0.328 e. The molecule has 0 heterocycles. The highest BCUT2D eigenvalue weighted by Crippen LogP contribution is 2.10. The minimum atomic E-state index is -1.17. The van der Waals surface area contributed by atoms with E-state index in [0.717, 1.165) is 5.56 Å². The van der Waals surface area contributed by atoms with Crippen LogP contribution in [0.2, 0.25) is 0 Å². The Kier molecular flexibility index (Phi) is 7.23. The number of aliphatic hydroxyl groups is 1. The lowest BCUT2D eigenvalue weighted by Gasteiger charge is -2.19. The number of ether oxygens (including phenoxy) is 1. The number of hydrogen-bond acceptors (Lipinski definition) is 5. The molecule has 0 aliphatic rings. The molecule has 0 unspecified atom stereocenters. The maximum absolute atomic E-state index is 12.0. The number of carbonyl (C=O) groups excluding carboxylic acids is 2. The number of hydrogen-bond donors (Lipinski definition) is 2. The van der Waals surface area contributed by atoms with Gasteiger partial charge in [0.25, 0.3) is 0 Å². The fourth-order valence-corrected chi connectivity index (χ4v) is 2.16. The molecule has 0 aromatic heterocycles. The van der Waals surface area contributed by atoms with Gasteiger partial charge in [0.15, 0.2) is 0 Å². The zero-order chi connectivity index (χ0) is 17.4. The molecular weight excluding hydrogens is 296 g/mol. The molecule has 6 nitrogen and oxygen atoms in total. The van der Waals surface area contributed by atoms with E-state index in [9.17, 15) is 14.7 Å². The first kappa shape index (κ1) is 18.7. The van der Waals surface area contributed by atoms with E-state index >= 15 is 0 Å². The van der Waals surface area contributed by atoms with Crippen LogP contribution in [0.4, 0.5) is 0 Å². The Balaban J connectivity index is 2.82. The van der Waals surface area contributed by atoms with E-state index in [-0.39, 0.29) is 12.3 Å². The first-order chi connectivity index (χ1) is 10.9. The second kappa shape index (κ2) is 8.91. The van der Waals surface area contributed by atoms with E-state index in [2.05, 4.69) is 5.32 Å². The molecule has 0 radical (unpaired) electrons. The largest absolute Gasteiger partial charge is 0.467 e. The Hall–Kier alpha value is -2.39. The highest BCUT2D eigenvalue weighted by atomic mass is 16.5. The molecule has 0 fully saturated rings. The molecule has 0 aliphatic heterocycles. The van der Waals surface area contributed by atoms with Crippen LogP contribution in [-0.4, -0.2) is 36.2 Å². The lowest BCUT2D eigenvalue weighted by Crippen LogP contribution is -2.47.